The molecule has 0 N–H and O–H groups in total. The van der Waals surface area contributed by atoms with Gasteiger partial charge in [-0.15, -0.1) is 0 Å². The van der Waals surface area contributed by atoms with Crippen LogP contribution in [0.25, 0.3) is 34.0 Å². The second-order valence-electron chi connectivity index (χ2n) is 7.75. The number of hydrogen-bond acceptors (Lipinski definition) is 6. The number of benzene rings is 1. The Morgan fingerprint density at radius 2 is 1.73 bits per heavy atom. The molecule has 6 rings (SSSR count). The highest BCUT2D eigenvalue weighted by Gasteiger charge is 2.20. The summed E-state index contributed by atoms with van der Waals surface area (Å²) in [5.74, 6) is 1.24. The third-order valence-corrected chi connectivity index (χ3v) is 5.69. The predicted molar refractivity (Wildman–Crippen MR) is 122 cm³/mol. The lowest BCUT2D eigenvalue weighted by atomic mass is 10.1. The van der Waals surface area contributed by atoms with Gasteiger partial charge in [0.2, 0.25) is 0 Å². The van der Waals surface area contributed by atoms with Gasteiger partial charge in [-0.05, 0) is 30.3 Å². The lowest BCUT2D eigenvalue weighted by molar-refractivity contribution is 0.122. The Morgan fingerprint density at radius 3 is 2.55 bits per heavy atom. The SMILES string of the molecule is Fc1cccc(-c2ccnn2-c2cc(N3CCOCC3)n3nc(-c4ccncc4)cc3n2)c1. The summed E-state index contributed by atoms with van der Waals surface area (Å²) in [4.78, 5) is 11.2. The van der Waals surface area contributed by atoms with E-state index in [1.165, 1.54) is 12.1 Å². The molecule has 0 saturated carbocycles. The van der Waals surface area contributed by atoms with Gasteiger partial charge >= 0.3 is 0 Å². The lowest BCUT2D eigenvalue weighted by Gasteiger charge is -2.29. The first kappa shape index (κ1) is 19.6. The number of morpholine rings is 1. The topological polar surface area (TPSA) is 73.4 Å². The van der Waals surface area contributed by atoms with Crippen LogP contribution >= 0.6 is 0 Å². The number of fused-ring (bicyclic) bond motifs is 1. The number of halogens is 1. The van der Waals surface area contributed by atoms with E-state index in [9.17, 15) is 4.39 Å². The van der Waals surface area contributed by atoms with E-state index in [4.69, 9.17) is 14.8 Å². The molecular formula is C24H20FN7O. The molecule has 164 valence electrons. The van der Waals surface area contributed by atoms with Crippen LogP contribution in [-0.4, -0.2) is 55.7 Å². The van der Waals surface area contributed by atoms with Crippen molar-refractivity contribution in [3.05, 3.63) is 79.0 Å². The molecule has 5 aromatic rings. The second-order valence-corrected chi connectivity index (χ2v) is 7.75. The van der Waals surface area contributed by atoms with Gasteiger partial charge < -0.3 is 9.64 Å². The number of ether oxygens (including phenoxy) is 1. The summed E-state index contributed by atoms with van der Waals surface area (Å²) in [5, 5.41) is 9.34. The molecule has 5 heterocycles. The Labute approximate surface area is 188 Å². The van der Waals surface area contributed by atoms with Gasteiger partial charge in [0.05, 0.1) is 30.8 Å². The summed E-state index contributed by atoms with van der Waals surface area (Å²) in [6.45, 7) is 2.79. The molecule has 1 aliphatic heterocycles. The van der Waals surface area contributed by atoms with Crippen LogP contribution in [-0.2, 0) is 4.74 Å². The quantitative estimate of drug-likeness (QED) is 0.424. The molecular weight excluding hydrogens is 421 g/mol. The first-order chi connectivity index (χ1) is 16.3. The summed E-state index contributed by atoms with van der Waals surface area (Å²) >= 11 is 0. The fourth-order valence-corrected chi connectivity index (χ4v) is 4.09. The predicted octanol–water partition coefficient (Wildman–Crippen LogP) is 3.62. The minimum atomic E-state index is -0.296. The van der Waals surface area contributed by atoms with E-state index in [1.807, 2.05) is 40.9 Å². The number of anilines is 1. The first-order valence-electron chi connectivity index (χ1n) is 10.7. The van der Waals surface area contributed by atoms with E-state index in [2.05, 4.69) is 15.0 Å². The maximum Gasteiger partial charge on any atom is 0.160 e. The maximum atomic E-state index is 13.9. The van der Waals surface area contributed by atoms with Crippen LogP contribution in [0.1, 0.15) is 0 Å². The molecule has 1 aliphatic rings. The highest BCUT2D eigenvalue weighted by Crippen LogP contribution is 2.28. The molecule has 8 nitrogen and oxygen atoms in total. The van der Waals surface area contributed by atoms with Crippen molar-refractivity contribution in [3.63, 3.8) is 0 Å². The van der Waals surface area contributed by atoms with E-state index < -0.39 is 0 Å². The molecule has 0 spiro atoms. The molecule has 4 aromatic heterocycles. The number of rotatable bonds is 4. The summed E-state index contributed by atoms with van der Waals surface area (Å²) in [6, 6.07) is 16.1. The molecule has 0 unspecified atom stereocenters. The Morgan fingerprint density at radius 1 is 0.879 bits per heavy atom. The minimum absolute atomic E-state index is 0.296. The molecule has 0 bridgehead atoms. The Balaban J connectivity index is 1.53. The van der Waals surface area contributed by atoms with E-state index in [0.717, 1.165) is 41.4 Å². The van der Waals surface area contributed by atoms with Gasteiger partial charge in [0, 0.05) is 48.7 Å². The average Bonchev–Trinajstić information content (AvgIpc) is 3.52. The standard InChI is InChI=1S/C24H20FN7O/c25-19-3-1-2-18(14-19)21-6-9-27-31(21)23-16-24(30-10-12-33-13-11-30)32-22(28-23)15-20(29-32)17-4-7-26-8-5-17/h1-9,14-16H,10-13H2. The van der Waals surface area contributed by atoms with Crippen molar-refractivity contribution in [2.45, 2.75) is 0 Å². The maximum absolute atomic E-state index is 13.9. The normalized spacial score (nSPS) is 14.2. The summed E-state index contributed by atoms with van der Waals surface area (Å²) in [5.41, 5.74) is 3.95. The molecule has 33 heavy (non-hydrogen) atoms. The number of aromatic nitrogens is 6. The molecule has 0 aliphatic carbocycles. The zero-order valence-corrected chi connectivity index (χ0v) is 17.7. The average molecular weight is 441 g/mol. The molecule has 0 amide bonds. The minimum Gasteiger partial charge on any atom is -0.378 e. The largest absolute Gasteiger partial charge is 0.378 e. The van der Waals surface area contributed by atoms with Crippen molar-refractivity contribution in [3.8, 4) is 28.3 Å². The zero-order valence-electron chi connectivity index (χ0n) is 17.7. The van der Waals surface area contributed by atoms with Crippen LogP contribution in [0, 0.1) is 5.82 Å². The second kappa shape index (κ2) is 8.10. The van der Waals surface area contributed by atoms with E-state index >= 15 is 0 Å². The molecule has 1 saturated heterocycles. The third-order valence-electron chi connectivity index (χ3n) is 5.69. The van der Waals surface area contributed by atoms with Crippen LogP contribution < -0.4 is 4.90 Å². The number of nitrogens with zero attached hydrogens (tertiary/aromatic N) is 7. The van der Waals surface area contributed by atoms with Crippen molar-refractivity contribution in [2.75, 3.05) is 31.2 Å². The Kier molecular flexibility index (Phi) is 4.80. The zero-order chi connectivity index (χ0) is 22.2. The Bertz CT molecular complexity index is 1420. The van der Waals surface area contributed by atoms with Crippen molar-refractivity contribution >= 4 is 11.5 Å². The van der Waals surface area contributed by atoms with Crippen LogP contribution in [0.15, 0.2) is 73.2 Å². The van der Waals surface area contributed by atoms with E-state index in [-0.39, 0.29) is 5.82 Å². The summed E-state index contributed by atoms with van der Waals surface area (Å²) in [6.07, 6.45) is 5.19. The molecule has 9 heteroatoms. The monoisotopic (exact) mass is 441 g/mol. The van der Waals surface area contributed by atoms with E-state index in [1.54, 1.807) is 29.3 Å². The molecule has 0 atom stereocenters. The van der Waals surface area contributed by atoms with Gasteiger partial charge in [0.15, 0.2) is 11.5 Å². The van der Waals surface area contributed by atoms with Crippen LogP contribution in [0.4, 0.5) is 10.2 Å². The highest BCUT2D eigenvalue weighted by molar-refractivity contribution is 5.68. The first-order valence-corrected chi connectivity index (χ1v) is 10.7. The van der Waals surface area contributed by atoms with Gasteiger partial charge in [0.25, 0.3) is 0 Å². The number of hydrogen-bond donors (Lipinski definition) is 0. The summed E-state index contributed by atoms with van der Waals surface area (Å²) < 4.78 is 23.0. The van der Waals surface area contributed by atoms with Crippen molar-refractivity contribution < 1.29 is 9.13 Å². The van der Waals surface area contributed by atoms with Crippen molar-refractivity contribution in [1.29, 1.82) is 0 Å². The van der Waals surface area contributed by atoms with Gasteiger partial charge in [-0.3, -0.25) is 4.98 Å². The highest BCUT2D eigenvalue weighted by atomic mass is 19.1. The smallest absolute Gasteiger partial charge is 0.160 e. The third kappa shape index (κ3) is 3.62. The van der Waals surface area contributed by atoms with Gasteiger partial charge in [-0.2, -0.15) is 14.7 Å². The van der Waals surface area contributed by atoms with Crippen molar-refractivity contribution in [2.24, 2.45) is 0 Å². The van der Waals surface area contributed by atoms with E-state index in [0.29, 0.717) is 24.7 Å². The van der Waals surface area contributed by atoms with Gasteiger partial charge in [-0.1, -0.05) is 12.1 Å². The van der Waals surface area contributed by atoms with Gasteiger partial charge in [0.1, 0.15) is 11.6 Å². The fraction of sp³-hybridized carbons (Fsp3) is 0.167. The van der Waals surface area contributed by atoms with Crippen molar-refractivity contribution in [1.82, 2.24) is 29.4 Å². The fourth-order valence-electron chi connectivity index (χ4n) is 4.09. The molecule has 1 fully saturated rings. The van der Waals surface area contributed by atoms with Gasteiger partial charge in [-0.25, -0.2) is 14.1 Å². The Hall–Kier alpha value is -4.11. The molecule has 1 aromatic carbocycles. The number of pyridine rings is 1. The lowest BCUT2D eigenvalue weighted by Crippen LogP contribution is -2.37. The van der Waals surface area contributed by atoms with Crippen LogP contribution in [0.3, 0.4) is 0 Å². The summed E-state index contributed by atoms with van der Waals surface area (Å²) in [7, 11) is 0. The molecule has 0 radical (unpaired) electrons. The van der Waals surface area contributed by atoms with Crippen LogP contribution in [0.2, 0.25) is 0 Å². The van der Waals surface area contributed by atoms with Crippen LogP contribution in [0.5, 0.6) is 0 Å².